The summed E-state index contributed by atoms with van der Waals surface area (Å²) in [5.41, 5.74) is 0. The van der Waals surface area contributed by atoms with Gasteiger partial charge in [0.2, 0.25) is 5.09 Å². The molecule has 0 amide bonds. The topological polar surface area (TPSA) is 80.6 Å². The van der Waals surface area contributed by atoms with Crippen LogP contribution in [0.4, 0.5) is 0 Å². The number of ether oxygens (including phenoxy) is 1. The number of sulfonamides is 1. The molecule has 0 radical (unpaired) electrons. The highest BCUT2D eigenvalue weighted by atomic mass is 32.2. The average Bonchev–Trinajstić information content (AvgIpc) is 3.15. The van der Waals surface area contributed by atoms with Crippen LogP contribution in [-0.2, 0) is 21.3 Å². The molecule has 0 saturated heterocycles. The number of rotatable bonds is 11. The number of furan rings is 1. The number of nitrogens with one attached hydrogen (secondary N) is 2. The van der Waals surface area contributed by atoms with Crippen molar-refractivity contribution in [3.05, 3.63) is 17.9 Å². The Hall–Kier alpha value is -0.890. The molecule has 1 aromatic rings. The Morgan fingerprint density at radius 3 is 2.90 bits per heavy atom. The van der Waals surface area contributed by atoms with Crippen molar-refractivity contribution in [3.8, 4) is 0 Å². The third kappa shape index (κ3) is 5.78. The third-order valence-corrected chi connectivity index (χ3v) is 4.59. The predicted octanol–water partition coefficient (Wildman–Crippen LogP) is 1.48. The highest BCUT2D eigenvalue weighted by Gasteiger charge is 2.21. The van der Waals surface area contributed by atoms with Gasteiger partial charge in [-0.2, -0.15) is 0 Å². The molecule has 2 rings (SSSR count). The van der Waals surface area contributed by atoms with Crippen LogP contribution in [0.15, 0.2) is 21.6 Å². The SMILES string of the molecule is CCNCc1ccc(S(=O)(=O)NCCCOCC2CC2)o1. The lowest BCUT2D eigenvalue weighted by Gasteiger charge is -2.05. The Labute approximate surface area is 126 Å². The zero-order valence-corrected chi connectivity index (χ0v) is 13.2. The summed E-state index contributed by atoms with van der Waals surface area (Å²) in [6.45, 7) is 5.06. The van der Waals surface area contributed by atoms with Crippen LogP contribution in [0.5, 0.6) is 0 Å². The predicted molar refractivity (Wildman–Crippen MR) is 79.4 cm³/mol. The second-order valence-corrected chi connectivity index (χ2v) is 6.97. The molecule has 6 nitrogen and oxygen atoms in total. The second kappa shape index (κ2) is 7.93. The molecule has 0 atom stereocenters. The molecule has 0 unspecified atom stereocenters. The van der Waals surface area contributed by atoms with Crippen LogP contribution < -0.4 is 10.0 Å². The Kier molecular flexibility index (Phi) is 6.22. The maximum absolute atomic E-state index is 12.0. The Morgan fingerprint density at radius 2 is 2.19 bits per heavy atom. The molecule has 0 spiro atoms. The summed E-state index contributed by atoms with van der Waals surface area (Å²) in [6.07, 6.45) is 3.19. The van der Waals surface area contributed by atoms with Crippen molar-refractivity contribution in [2.45, 2.75) is 37.8 Å². The fraction of sp³-hybridized carbons (Fsp3) is 0.714. The molecule has 0 bridgehead atoms. The van der Waals surface area contributed by atoms with Crippen molar-refractivity contribution in [1.82, 2.24) is 10.0 Å². The van der Waals surface area contributed by atoms with E-state index >= 15 is 0 Å². The first kappa shape index (κ1) is 16.5. The zero-order valence-electron chi connectivity index (χ0n) is 12.4. The first-order valence-electron chi connectivity index (χ1n) is 7.48. The average molecular weight is 316 g/mol. The van der Waals surface area contributed by atoms with Gasteiger partial charge in [0, 0.05) is 19.8 Å². The van der Waals surface area contributed by atoms with E-state index in [1.807, 2.05) is 6.92 Å². The second-order valence-electron chi connectivity index (χ2n) is 5.27. The van der Waals surface area contributed by atoms with Crippen LogP contribution in [0, 0.1) is 5.92 Å². The van der Waals surface area contributed by atoms with Crippen LogP contribution in [0.25, 0.3) is 0 Å². The van der Waals surface area contributed by atoms with Gasteiger partial charge in [0.15, 0.2) is 0 Å². The summed E-state index contributed by atoms with van der Waals surface area (Å²) in [5.74, 6) is 1.35. The van der Waals surface area contributed by atoms with Gasteiger partial charge in [-0.25, -0.2) is 13.1 Å². The standard InChI is InChI=1S/C14H24N2O4S/c1-2-15-10-13-6-7-14(20-13)21(17,18)16-8-3-9-19-11-12-4-5-12/h6-7,12,15-16H,2-5,8-11H2,1H3. The molecule has 0 aliphatic heterocycles. The number of hydrogen-bond acceptors (Lipinski definition) is 5. The fourth-order valence-corrected chi connectivity index (χ4v) is 2.85. The van der Waals surface area contributed by atoms with Gasteiger partial charge in [0.1, 0.15) is 5.76 Å². The molecular formula is C14H24N2O4S. The van der Waals surface area contributed by atoms with E-state index in [1.54, 1.807) is 6.07 Å². The Bertz CT molecular complexity index is 523. The first-order valence-corrected chi connectivity index (χ1v) is 8.97. The van der Waals surface area contributed by atoms with E-state index in [2.05, 4.69) is 10.0 Å². The molecule has 1 saturated carbocycles. The van der Waals surface area contributed by atoms with Gasteiger partial charge in [-0.1, -0.05) is 6.92 Å². The van der Waals surface area contributed by atoms with Gasteiger partial charge in [0.05, 0.1) is 6.54 Å². The van der Waals surface area contributed by atoms with Crippen molar-refractivity contribution in [2.75, 3.05) is 26.3 Å². The smallest absolute Gasteiger partial charge is 0.273 e. The van der Waals surface area contributed by atoms with Gasteiger partial charge in [-0.05, 0) is 43.9 Å². The zero-order chi connectivity index (χ0) is 15.1. The highest BCUT2D eigenvalue weighted by Crippen LogP contribution is 2.28. The van der Waals surface area contributed by atoms with Gasteiger partial charge >= 0.3 is 0 Å². The van der Waals surface area contributed by atoms with Gasteiger partial charge in [-0.3, -0.25) is 0 Å². The largest absolute Gasteiger partial charge is 0.447 e. The van der Waals surface area contributed by atoms with Crippen molar-refractivity contribution < 1.29 is 17.6 Å². The van der Waals surface area contributed by atoms with Gasteiger partial charge in [-0.15, -0.1) is 0 Å². The summed E-state index contributed by atoms with van der Waals surface area (Å²) in [6, 6.07) is 3.16. The highest BCUT2D eigenvalue weighted by molar-refractivity contribution is 7.89. The van der Waals surface area contributed by atoms with Crippen LogP contribution >= 0.6 is 0 Å². The van der Waals surface area contributed by atoms with Crippen LogP contribution in [-0.4, -0.2) is 34.7 Å². The lowest BCUT2D eigenvalue weighted by Crippen LogP contribution is -2.25. The lowest BCUT2D eigenvalue weighted by molar-refractivity contribution is 0.123. The lowest BCUT2D eigenvalue weighted by atomic mass is 10.4. The molecule has 1 aliphatic carbocycles. The maximum atomic E-state index is 12.0. The van der Waals surface area contributed by atoms with E-state index in [9.17, 15) is 8.42 Å². The van der Waals surface area contributed by atoms with Gasteiger partial charge < -0.3 is 14.5 Å². The fourth-order valence-electron chi connectivity index (χ4n) is 1.83. The quantitative estimate of drug-likeness (QED) is 0.605. The van der Waals surface area contributed by atoms with Crippen molar-refractivity contribution >= 4 is 10.0 Å². The normalized spacial score (nSPS) is 15.5. The molecule has 1 fully saturated rings. The van der Waals surface area contributed by atoms with E-state index in [0.29, 0.717) is 31.9 Å². The molecule has 1 heterocycles. The monoisotopic (exact) mass is 316 g/mol. The molecule has 0 aromatic carbocycles. The molecule has 2 N–H and O–H groups in total. The minimum Gasteiger partial charge on any atom is -0.447 e. The number of hydrogen-bond donors (Lipinski definition) is 2. The summed E-state index contributed by atoms with van der Waals surface area (Å²) in [5, 5.41) is 3.05. The van der Waals surface area contributed by atoms with Crippen LogP contribution in [0.2, 0.25) is 0 Å². The maximum Gasteiger partial charge on any atom is 0.273 e. The van der Waals surface area contributed by atoms with Crippen LogP contribution in [0.3, 0.4) is 0 Å². The third-order valence-electron chi connectivity index (χ3n) is 3.26. The molecule has 1 aromatic heterocycles. The minimum absolute atomic E-state index is 0.0331. The van der Waals surface area contributed by atoms with E-state index < -0.39 is 10.0 Å². The van der Waals surface area contributed by atoms with Crippen LogP contribution in [0.1, 0.15) is 31.9 Å². The van der Waals surface area contributed by atoms with Crippen molar-refractivity contribution in [1.29, 1.82) is 0 Å². The van der Waals surface area contributed by atoms with E-state index in [4.69, 9.17) is 9.15 Å². The molecule has 7 heteroatoms. The van der Waals surface area contributed by atoms with Gasteiger partial charge in [0.25, 0.3) is 10.0 Å². The first-order chi connectivity index (χ1) is 10.1. The van der Waals surface area contributed by atoms with Crippen molar-refractivity contribution in [3.63, 3.8) is 0 Å². The van der Waals surface area contributed by atoms with E-state index in [-0.39, 0.29) is 5.09 Å². The molecule has 1 aliphatic rings. The van der Waals surface area contributed by atoms with Crippen molar-refractivity contribution in [2.24, 2.45) is 5.92 Å². The van der Waals surface area contributed by atoms with E-state index in [1.165, 1.54) is 18.9 Å². The summed E-state index contributed by atoms with van der Waals surface area (Å²) >= 11 is 0. The summed E-state index contributed by atoms with van der Waals surface area (Å²) in [7, 11) is -3.56. The Morgan fingerprint density at radius 1 is 1.38 bits per heavy atom. The molecule has 21 heavy (non-hydrogen) atoms. The molecular weight excluding hydrogens is 292 g/mol. The Balaban J connectivity index is 1.68. The summed E-state index contributed by atoms with van der Waals surface area (Å²) in [4.78, 5) is 0. The molecule has 120 valence electrons. The summed E-state index contributed by atoms with van der Waals surface area (Å²) < 4.78 is 37.3. The van der Waals surface area contributed by atoms with E-state index in [0.717, 1.165) is 19.1 Å². The minimum atomic E-state index is -3.56.